The Morgan fingerprint density at radius 2 is 1.06 bits per heavy atom. The molecule has 4 N–H and O–H groups in total. The zero-order valence-electron chi connectivity index (χ0n) is 22.8. The molecule has 0 heterocycles. The molecule has 13 nitrogen and oxygen atoms in total. The van der Waals surface area contributed by atoms with Crippen molar-refractivity contribution in [2.24, 2.45) is 0 Å². The highest BCUT2D eigenvalue weighted by molar-refractivity contribution is 5.87. The van der Waals surface area contributed by atoms with E-state index in [2.05, 4.69) is 16.0 Å². The Balaban J connectivity index is 5.22. The van der Waals surface area contributed by atoms with Crippen LogP contribution in [0.15, 0.2) is 0 Å². The zero-order chi connectivity index (χ0) is 28.3. The average Bonchev–Trinajstić information content (AvgIpc) is 2.61. The standard InChI is InChI=1S/C23H42N4O9/c1-21(2,3)34-18(31)24-10-12-27(13-11-25-19(32)35-22(4,5)6)16(28)14-15(17(29)30)26-20(33)36-23(7,8)9/h15H,10-14H2,1-9H3,(H,24,31)(H,25,32)(H,26,33)(H,29,30). The monoisotopic (exact) mass is 518 g/mol. The largest absolute Gasteiger partial charge is 0.480 e. The van der Waals surface area contributed by atoms with Crippen LogP contribution in [0, 0.1) is 0 Å². The van der Waals surface area contributed by atoms with Gasteiger partial charge in [0.25, 0.3) is 0 Å². The first-order valence-electron chi connectivity index (χ1n) is 11.6. The number of rotatable bonds is 10. The molecule has 0 radical (unpaired) electrons. The van der Waals surface area contributed by atoms with Gasteiger partial charge >= 0.3 is 24.2 Å². The summed E-state index contributed by atoms with van der Waals surface area (Å²) in [7, 11) is 0. The highest BCUT2D eigenvalue weighted by atomic mass is 16.6. The molecule has 0 rings (SSSR count). The molecule has 0 bridgehead atoms. The van der Waals surface area contributed by atoms with Gasteiger partial charge in [0.1, 0.15) is 22.8 Å². The number of carbonyl (C=O) groups is 5. The minimum atomic E-state index is -1.55. The number of carboxylic acid groups (broad SMARTS) is 1. The topological polar surface area (TPSA) is 173 Å². The second-order valence-corrected chi connectivity index (χ2v) is 11.0. The highest BCUT2D eigenvalue weighted by Gasteiger charge is 2.28. The summed E-state index contributed by atoms with van der Waals surface area (Å²) in [5, 5.41) is 16.7. The number of hydrogen-bond donors (Lipinski definition) is 4. The molecule has 0 saturated heterocycles. The number of aliphatic carboxylic acids is 1. The summed E-state index contributed by atoms with van der Waals surface area (Å²) in [5.74, 6) is -2.05. The van der Waals surface area contributed by atoms with Gasteiger partial charge in [0.15, 0.2) is 0 Å². The fourth-order valence-electron chi connectivity index (χ4n) is 2.53. The van der Waals surface area contributed by atoms with Gasteiger partial charge < -0.3 is 40.2 Å². The summed E-state index contributed by atoms with van der Waals surface area (Å²) in [6.07, 6.45) is -2.92. The van der Waals surface area contributed by atoms with Gasteiger partial charge in [-0.3, -0.25) is 4.79 Å². The number of hydrogen-bond acceptors (Lipinski definition) is 8. The summed E-state index contributed by atoms with van der Waals surface area (Å²) in [5.41, 5.74) is -2.28. The van der Waals surface area contributed by atoms with Gasteiger partial charge in [-0.2, -0.15) is 0 Å². The molecule has 0 aromatic rings. The van der Waals surface area contributed by atoms with E-state index in [1.807, 2.05) is 0 Å². The molecule has 208 valence electrons. The van der Waals surface area contributed by atoms with Gasteiger partial charge in [0, 0.05) is 26.2 Å². The number of amides is 4. The van der Waals surface area contributed by atoms with E-state index >= 15 is 0 Å². The molecule has 0 aliphatic carbocycles. The fraction of sp³-hybridized carbons (Fsp3) is 0.783. The van der Waals surface area contributed by atoms with Crippen molar-refractivity contribution in [2.75, 3.05) is 26.2 Å². The SMILES string of the molecule is CC(C)(C)OC(=O)NCCN(CCNC(=O)OC(C)(C)C)C(=O)CC(NC(=O)OC(C)(C)C)C(=O)O. The molecule has 0 aliphatic rings. The van der Waals surface area contributed by atoms with Crippen LogP contribution in [-0.2, 0) is 23.8 Å². The maximum Gasteiger partial charge on any atom is 0.408 e. The molecule has 1 unspecified atom stereocenters. The maximum absolute atomic E-state index is 12.9. The number of nitrogens with zero attached hydrogens (tertiary/aromatic N) is 1. The van der Waals surface area contributed by atoms with Crippen LogP contribution in [0.25, 0.3) is 0 Å². The Hall–Kier alpha value is -3.25. The first-order chi connectivity index (χ1) is 16.2. The predicted octanol–water partition coefficient (Wildman–Crippen LogP) is 2.23. The fourth-order valence-corrected chi connectivity index (χ4v) is 2.53. The quantitative estimate of drug-likeness (QED) is 0.316. The van der Waals surface area contributed by atoms with Crippen LogP contribution >= 0.6 is 0 Å². The molecule has 0 aliphatic heterocycles. The van der Waals surface area contributed by atoms with Gasteiger partial charge in [0.05, 0.1) is 6.42 Å². The summed E-state index contributed by atoms with van der Waals surface area (Å²) < 4.78 is 15.4. The van der Waals surface area contributed by atoms with E-state index in [4.69, 9.17) is 14.2 Å². The van der Waals surface area contributed by atoms with Crippen molar-refractivity contribution in [3.63, 3.8) is 0 Å². The molecule has 0 aromatic heterocycles. The molecule has 4 amide bonds. The van der Waals surface area contributed by atoms with Gasteiger partial charge in [-0.05, 0) is 62.3 Å². The van der Waals surface area contributed by atoms with Crippen molar-refractivity contribution in [2.45, 2.75) is 91.6 Å². The van der Waals surface area contributed by atoms with Crippen molar-refractivity contribution < 1.29 is 43.3 Å². The van der Waals surface area contributed by atoms with E-state index < -0.39 is 59.4 Å². The van der Waals surface area contributed by atoms with E-state index in [1.165, 1.54) is 4.90 Å². The lowest BCUT2D eigenvalue weighted by atomic mass is 10.2. The molecule has 36 heavy (non-hydrogen) atoms. The lowest BCUT2D eigenvalue weighted by molar-refractivity contribution is -0.143. The number of carbonyl (C=O) groups excluding carboxylic acids is 4. The summed E-state index contributed by atoms with van der Waals surface area (Å²) in [4.78, 5) is 61.6. The van der Waals surface area contributed by atoms with Gasteiger partial charge in [-0.15, -0.1) is 0 Å². The first kappa shape index (κ1) is 32.8. The Labute approximate surface area is 212 Å². The van der Waals surface area contributed by atoms with E-state index in [1.54, 1.807) is 62.3 Å². The predicted molar refractivity (Wildman–Crippen MR) is 130 cm³/mol. The lowest BCUT2D eigenvalue weighted by Crippen LogP contribution is -2.49. The molecule has 0 saturated carbocycles. The van der Waals surface area contributed by atoms with Crippen LogP contribution < -0.4 is 16.0 Å². The smallest absolute Gasteiger partial charge is 0.408 e. The van der Waals surface area contributed by atoms with Gasteiger partial charge in [-0.25, -0.2) is 19.2 Å². The molecule has 1 atom stereocenters. The van der Waals surface area contributed by atoms with E-state index in [0.29, 0.717) is 0 Å². The van der Waals surface area contributed by atoms with Crippen LogP contribution in [0.3, 0.4) is 0 Å². The summed E-state index contributed by atoms with van der Waals surface area (Å²) in [6, 6.07) is -1.55. The number of alkyl carbamates (subject to hydrolysis) is 3. The number of ether oxygens (including phenoxy) is 3. The van der Waals surface area contributed by atoms with E-state index in [9.17, 15) is 29.1 Å². The van der Waals surface area contributed by atoms with Crippen molar-refractivity contribution in [3.8, 4) is 0 Å². The van der Waals surface area contributed by atoms with Gasteiger partial charge in [0.2, 0.25) is 5.91 Å². The Morgan fingerprint density at radius 3 is 1.39 bits per heavy atom. The average molecular weight is 519 g/mol. The Bertz CT molecular complexity index is 746. The third-order valence-electron chi connectivity index (χ3n) is 3.82. The maximum atomic E-state index is 12.9. The zero-order valence-corrected chi connectivity index (χ0v) is 22.8. The van der Waals surface area contributed by atoms with Crippen molar-refractivity contribution in [3.05, 3.63) is 0 Å². The third kappa shape index (κ3) is 17.2. The van der Waals surface area contributed by atoms with Crippen LogP contribution in [-0.4, -0.2) is 89.2 Å². The minimum Gasteiger partial charge on any atom is -0.480 e. The van der Waals surface area contributed by atoms with Crippen molar-refractivity contribution >= 4 is 30.2 Å². The minimum absolute atomic E-state index is 0.00429. The Kier molecular flexibility index (Phi) is 12.5. The highest BCUT2D eigenvalue weighted by Crippen LogP contribution is 2.09. The second-order valence-electron chi connectivity index (χ2n) is 11.0. The summed E-state index contributed by atoms with van der Waals surface area (Å²) in [6.45, 7) is 15.1. The lowest BCUT2D eigenvalue weighted by Gasteiger charge is -2.26. The van der Waals surface area contributed by atoms with Crippen LogP contribution in [0.4, 0.5) is 14.4 Å². The van der Waals surface area contributed by atoms with E-state index in [0.717, 1.165) is 0 Å². The van der Waals surface area contributed by atoms with Gasteiger partial charge in [-0.1, -0.05) is 0 Å². The van der Waals surface area contributed by atoms with Crippen LogP contribution in [0.1, 0.15) is 68.7 Å². The molecular weight excluding hydrogens is 476 g/mol. The third-order valence-corrected chi connectivity index (χ3v) is 3.82. The first-order valence-corrected chi connectivity index (χ1v) is 11.6. The van der Waals surface area contributed by atoms with Crippen molar-refractivity contribution in [1.82, 2.24) is 20.9 Å². The molecule has 0 spiro atoms. The van der Waals surface area contributed by atoms with Crippen LogP contribution in [0.5, 0.6) is 0 Å². The number of nitrogens with one attached hydrogen (secondary N) is 3. The summed E-state index contributed by atoms with van der Waals surface area (Å²) >= 11 is 0. The molecular formula is C23H42N4O9. The molecule has 13 heteroatoms. The van der Waals surface area contributed by atoms with Crippen LogP contribution in [0.2, 0.25) is 0 Å². The Morgan fingerprint density at radius 1 is 0.694 bits per heavy atom. The second kappa shape index (κ2) is 13.7. The van der Waals surface area contributed by atoms with Crippen molar-refractivity contribution in [1.29, 1.82) is 0 Å². The van der Waals surface area contributed by atoms with E-state index in [-0.39, 0.29) is 26.2 Å². The molecule has 0 aromatic carbocycles. The number of carboxylic acids is 1. The normalized spacial score (nSPS) is 12.6. The molecule has 0 fully saturated rings.